The highest BCUT2D eigenvalue weighted by molar-refractivity contribution is 7.17. The van der Waals surface area contributed by atoms with Crippen LogP contribution in [0.1, 0.15) is 17.2 Å². The Morgan fingerprint density at radius 1 is 1.24 bits per heavy atom. The van der Waals surface area contributed by atoms with Crippen molar-refractivity contribution in [1.82, 2.24) is 0 Å². The summed E-state index contributed by atoms with van der Waals surface area (Å²) in [5.41, 5.74) is 8.30. The first-order valence-electron chi connectivity index (χ1n) is 6.73. The number of hydrogen-bond donors (Lipinski definition) is 1. The number of fused-ring (bicyclic) bond motifs is 1. The predicted molar refractivity (Wildman–Crippen MR) is 85.4 cm³/mol. The summed E-state index contributed by atoms with van der Waals surface area (Å²) < 4.78 is 19.9. The number of nitrogens with two attached hydrogens (primary N) is 1. The molecule has 3 aromatic rings. The molecule has 1 aromatic heterocycles. The first-order chi connectivity index (χ1) is 10.2. The minimum atomic E-state index is -0.350. The largest absolute Gasteiger partial charge is 0.494 e. The van der Waals surface area contributed by atoms with Crippen molar-refractivity contribution in [3.8, 4) is 5.75 Å². The van der Waals surface area contributed by atoms with Crippen LogP contribution < -0.4 is 10.5 Å². The Balaban J connectivity index is 1.86. The predicted octanol–water partition coefficient (Wildman–Crippen LogP) is 4.29. The van der Waals surface area contributed by atoms with Crippen molar-refractivity contribution in [2.75, 3.05) is 7.11 Å². The molecule has 0 aliphatic carbocycles. The van der Waals surface area contributed by atoms with Crippen LogP contribution in [0.3, 0.4) is 0 Å². The van der Waals surface area contributed by atoms with E-state index in [1.165, 1.54) is 23.3 Å². The van der Waals surface area contributed by atoms with E-state index in [1.807, 2.05) is 18.2 Å². The normalized spacial score (nSPS) is 12.5. The van der Waals surface area contributed by atoms with Crippen LogP contribution in [0.15, 0.2) is 47.8 Å². The molecule has 0 amide bonds. The molecule has 0 radical (unpaired) electrons. The van der Waals surface area contributed by atoms with Gasteiger partial charge in [-0.2, -0.15) is 0 Å². The van der Waals surface area contributed by atoms with Gasteiger partial charge in [0.25, 0.3) is 0 Å². The fourth-order valence-electron chi connectivity index (χ4n) is 2.49. The van der Waals surface area contributed by atoms with Crippen LogP contribution in [0.2, 0.25) is 0 Å². The molecular weight excluding hydrogens is 285 g/mol. The minimum Gasteiger partial charge on any atom is -0.494 e. The number of benzene rings is 2. The smallest absolute Gasteiger partial charge is 0.165 e. The van der Waals surface area contributed by atoms with Gasteiger partial charge < -0.3 is 10.5 Å². The Morgan fingerprint density at radius 3 is 2.81 bits per heavy atom. The van der Waals surface area contributed by atoms with Gasteiger partial charge in [0.2, 0.25) is 0 Å². The van der Waals surface area contributed by atoms with Crippen LogP contribution in [-0.4, -0.2) is 7.11 Å². The molecule has 1 atom stereocenters. The fourth-order valence-corrected chi connectivity index (χ4v) is 3.51. The molecule has 108 valence electrons. The van der Waals surface area contributed by atoms with Gasteiger partial charge in [-0.25, -0.2) is 4.39 Å². The molecule has 2 nitrogen and oxygen atoms in total. The number of ether oxygens (including phenoxy) is 1. The van der Waals surface area contributed by atoms with Gasteiger partial charge in [-0.1, -0.05) is 24.3 Å². The maximum Gasteiger partial charge on any atom is 0.165 e. The maximum absolute atomic E-state index is 13.7. The van der Waals surface area contributed by atoms with Crippen molar-refractivity contribution in [3.05, 3.63) is 64.8 Å². The van der Waals surface area contributed by atoms with E-state index in [0.717, 1.165) is 11.1 Å². The second kappa shape index (κ2) is 5.84. The second-order valence-electron chi connectivity index (χ2n) is 4.97. The zero-order valence-corrected chi connectivity index (χ0v) is 12.5. The third-order valence-corrected chi connectivity index (χ3v) is 4.56. The quantitative estimate of drug-likeness (QED) is 0.780. The van der Waals surface area contributed by atoms with Crippen LogP contribution in [-0.2, 0) is 6.42 Å². The lowest BCUT2D eigenvalue weighted by molar-refractivity contribution is 0.386. The van der Waals surface area contributed by atoms with Crippen molar-refractivity contribution in [2.24, 2.45) is 5.73 Å². The summed E-state index contributed by atoms with van der Waals surface area (Å²) in [7, 11) is 1.46. The topological polar surface area (TPSA) is 35.2 Å². The highest BCUT2D eigenvalue weighted by atomic mass is 32.1. The highest BCUT2D eigenvalue weighted by Crippen LogP contribution is 2.31. The fraction of sp³-hybridized carbons (Fsp3) is 0.176. The van der Waals surface area contributed by atoms with Crippen molar-refractivity contribution >= 4 is 21.4 Å². The molecule has 1 heterocycles. The van der Waals surface area contributed by atoms with Gasteiger partial charge in [0.05, 0.1) is 7.11 Å². The number of methoxy groups -OCH3 is 1. The van der Waals surface area contributed by atoms with Crippen molar-refractivity contribution < 1.29 is 9.13 Å². The summed E-state index contributed by atoms with van der Waals surface area (Å²) in [6.07, 6.45) is 0.599. The lowest BCUT2D eigenvalue weighted by atomic mass is 9.99. The van der Waals surface area contributed by atoms with Gasteiger partial charge >= 0.3 is 0 Å². The molecule has 2 N–H and O–H groups in total. The zero-order chi connectivity index (χ0) is 14.8. The van der Waals surface area contributed by atoms with E-state index in [9.17, 15) is 4.39 Å². The number of hydrogen-bond acceptors (Lipinski definition) is 3. The third-order valence-electron chi connectivity index (χ3n) is 3.58. The van der Waals surface area contributed by atoms with Gasteiger partial charge in [-0.3, -0.25) is 0 Å². The number of thiophene rings is 1. The van der Waals surface area contributed by atoms with Crippen LogP contribution in [0.5, 0.6) is 5.75 Å². The molecule has 0 fully saturated rings. The number of halogens is 1. The van der Waals surface area contributed by atoms with Crippen LogP contribution in [0.4, 0.5) is 4.39 Å². The standard InChI is InChI=1S/C17H16FNOS/c1-20-16-7-6-11(8-14(16)18)9-15(19)13-10-21-17-5-3-2-4-12(13)17/h2-8,10,15H,9,19H2,1H3. The second-order valence-corrected chi connectivity index (χ2v) is 5.88. The lowest BCUT2D eigenvalue weighted by Gasteiger charge is -2.12. The average Bonchev–Trinajstić information content (AvgIpc) is 2.91. The molecule has 0 bridgehead atoms. The van der Waals surface area contributed by atoms with Gasteiger partial charge in [-0.15, -0.1) is 11.3 Å². The molecule has 2 aromatic carbocycles. The monoisotopic (exact) mass is 301 g/mol. The molecule has 0 spiro atoms. The van der Waals surface area contributed by atoms with E-state index in [0.29, 0.717) is 6.42 Å². The Hall–Kier alpha value is -1.91. The average molecular weight is 301 g/mol. The Morgan fingerprint density at radius 2 is 2.05 bits per heavy atom. The van der Waals surface area contributed by atoms with Crippen molar-refractivity contribution in [3.63, 3.8) is 0 Å². The molecule has 21 heavy (non-hydrogen) atoms. The van der Waals surface area contributed by atoms with E-state index < -0.39 is 0 Å². The van der Waals surface area contributed by atoms with Crippen molar-refractivity contribution in [2.45, 2.75) is 12.5 Å². The maximum atomic E-state index is 13.7. The Bertz CT molecular complexity index is 768. The molecule has 4 heteroatoms. The summed E-state index contributed by atoms with van der Waals surface area (Å²) in [6.45, 7) is 0. The van der Waals surface area contributed by atoms with E-state index in [4.69, 9.17) is 10.5 Å². The van der Waals surface area contributed by atoms with E-state index in [1.54, 1.807) is 17.4 Å². The number of rotatable bonds is 4. The molecule has 0 saturated carbocycles. The van der Waals surface area contributed by atoms with Gasteiger partial charge in [0, 0.05) is 10.7 Å². The minimum absolute atomic E-state index is 0.144. The highest BCUT2D eigenvalue weighted by Gasteiger charge is 2.13. The van der Waals surface area contributed by atoms with Crippen LogP contribution in [0, 0.1) is 5.82 Å². The summed E-state index contributed by atoms with van der Waals surface area (Å²) in [5.74, 6) is -0.0920. The molecule has 0 aliphatic rings. The first-order valence-corrected chi connectivity index (χ1v) is 7.61. The van der Waals surface area contributed by atoms with Crippen molar-refractivity contribution in [1.29, 1.82) is 0 Å². The summed E-state index contributed by atoms with van der Waals surface area (Å²) >= 11 is 1.69. The first kappa shape index (κ1) is 14.0. The molecule has 3 rings (SSSR count). The van der Waals surface area contributed by atoms with E-state index in [-0.39, 0.29) is 17.6 Å². The van der Waals surface area contributed by atoms with Gasteiger partial charge in [-0.05, 0) is 46.5 Å². The lowest BCUT2D eigenvalue weighted by Crippen LogP contribution is -2.13. The third kappa shape index (κ3) is 2.77. The Labute approximate surface area is 127 Å². The van der Waals surface area contributed by atoms with Crippen LogP contribution in [0.25, 0.3) is 10.1 Å². The van der Waals surface area contributed by atoms with E-state index in [2.05, 4.69) is 17.5 Å². The summed E-state index contributed by atoms with van der Waals surface area (Å²) in [5, 5.41) is 3.28. The summed E-state index contributed by atoms with van der Waals surface area (Å²) in [6, 6.07) is 13.0. The molecule has 1 unspecified atom stereocenters. The molecule has 0 aliphatic heterocycles. The molecular formula is C17H16FNOS. The Kier molecular flexibility index (Phi) is 3.90. The zero-order valence-electron chi connectivity index (χ0n) is 11.7. The van der Waals surface area contributed by atoms with E-state index >= 15 is 0 Å². The van der Waals surface area contributed by atoms with Gasteiger partial charge in [0.1, 0.15) is 0 Å². The van der Waals surface area contributed by atoms with Gasteiger partial charge in [0.15, 0.2) is 11.6 Å². The van der Waals surface area contributed by atoms with Crippen LogP contribution >= 0.6 is 11.3 Å². The SMILES string of the molecule is COc1ccc(CC(N)c2csc3ccccc23)cc1F. The summed E-state index contributed by atoms with van der Waals surface area (Å²) in [4.78, 5) is 0. The molecule has 0 saturated heterocycles.